The first-order valence-electron chi connectivity index (χ1n) is 9.69. The van der Waals surface area contributed by atoms with Crippen molar-refractivity contribution in [1.82, 2.24) is 13.9 Å². The summed E-state index contributed by atoms with van der Waals surface area (Å²) in [6, 6.07) is 10.6. The van der Waals surface area contributed by atoms with Gasteiger partial charge in [0.25, 0.3) is 10.0 Å². The van der Waals surface area contributed by atoms with E-state index in [4.69, 9.17) is 10.2 Å². The van der Waals surface area contributed by atoms with Gasteiger partial charge in [-0.2, -0.15) is 4.37 Å². The van der Waals surface area contributed by atoms with Gasteiger partial charge < -0.3 is 10.2 Å². The van der Waals surface area contributed by atoms with Crippen LogP contribution in [0.4, 0.5) is 5.13 Å². The Kier molecular flexibility index (Phi) is 4.88. The Morgan fingerprint density at radius 1 is 1.29 bits per heavy atom. The minimum Gasteiger partial charge on any atom is -0.408 e. The monoisotopic (exact) mass is 457 g/mol. The van der Waals surface area contributed by atoms with Gasteiger partial charge in [0, 0.05) is 23.6 Å². The van der Waals surface area contributed by atoms with Crippen LogP contribution in [0.5, 0.6) is 0 Å². The first-order valence-corrected chi connectivity index (χ1v) is 11.9. The molecule has 1 unspecified atom stereocenters. The number of aromatic nitrogens is 3. The number of nitrogens with zero attached hydrogens (tertiary/aromatic N) is 3. The highest BCUT2D eigenvalue weighted by Gasteiger charge is 2.21. The molecule has 0 bridgehead atoms. The van der Waals surface area contributed by atoms with Crippen molar-refractivity contribution >= 4 is 37.8 Å². The molecule has 160 valence electrons. The summed E-state index contributed by atoms with van der Waals surface area (Å²) in [5.41, 5.74) is 10.4. The topological polar surface area (TPSA) is 133 Å². The van der Waals surface area contributed by atoms with Crippen LogP contribution in [0.15, 0.2) is 56.8 Å². The molecule has 11 heteroatoms. The second kappa shape index (κ2) is 7.59. The smallest absolute Gasteiger partial charge is 0.408 e. The molecule has 0 saturated carbocycles. The fourth-order valence-electron chi connectivity index (χ4n) is 3.96. The molecule has 0 spiro atoms. The molecule has 2 aromatic carbocycles. The SMILES string of the molecule is NC1CCc2cccc(Cn3c(=O)oc4cc(S(=O)(=O)Nc5ncns5)ccc43)c2C1. The number of nitrogens with two attached hydrogens (primary N) is 1. The number of oxazole rings is 1. The summed E-state index contributed by atoms with van der Waals surface area (Å²) in [4.78, 5) is 16.4. The summed E-state index contributed by atoms with van der Waals surface area (Å²) in [5, 5.41) is 0.158. The molecule has 9 nitrogen and oxygen atoms in total. The molecule has 0 saturated heterocycles. The summed E-state index contributed by atoms with van der Waals surface area (Å²) in [5.74, 6) is -0.542. The van der Waals surface area contributed by atoms with E-state index in [1.165, 1.54) is 34.2 Å². The number of anilines is 1. The number of hydrogen-bond donors (Lipinski definition) is 2. The van der Waals surface area contributed by atoms with Crippen LogP contribution in [-0.2, 0) is 29.4 Å². The van der Waals surface area contributed by atoms with Crippen LogP contribution in [0.25, 0.3) is 11.1 Å². The average Bonchev–Trinajstić information content (AvgIpc) is 3.35. The highest BCUT2D eigenvalue weighted by molar-refractivity contribution is 7.93. The number of fused-ring (bicyclic) bond motifs is 2. The maximum Gasteiger partial charge on any atom is 0.420 e. The molecule has 0 fully saturated rings. The Balaban J connectivity index is 1.51. The molecular weight excluding hydrogens is 438 g/mol. The van der Waals surface area contributed by atoms with Gasteiger partial charge in [0.05, 0.1) is 17.0 Å². The van der Waals surface area contributed by atoms with Crippen molar-refractivity contribution in [3.63, 3.8) is 0 Å². The van der Waals surface area contributed by atoms with Gasteiger partial charge in [-0.1, -0.05) is 18.2 Å². The molecule has 31 heavy (non-hydrogen) atoms. The maximum absolute atomic E-state index is 12.6. The first-order chi connectivity index (χ1) is 14.9. The minimum absolute atomic E-state index is 0.0286. The van der Waals surface area contributed by atoms with E-state index in [-0.39, 0.29) is 21.7 Å². The molecule has 0 amide bonds. The van der Waals surface area contributed by atoms with Gasteiger partial charge in [-0.05, 0) is 48.1 Å². The van der Waals surface area contributed by atoms with E-state index in [0.29, 0.717) is 12.1 Å². The van der Waals surface area contributed by atoms with Gasteiger partial charge in [0.15, 0.2) is 5.58 Å². The fraction of sp³-hybridized carbons (Fsp3) is 0.250. The lowest BCUT2D eigenvalue weighted by Crippen LogP contribution is -2.29. The van der Waals surface area contributed by atoms with Crippen LogP contribution >= 0.6 is 11.5 Å². The van der Waals surface area contributed by atoms with Crippen LogP contribution in [0, 0.1) is 0 Å². The molecule has 5 rings (SSSR count). The van der Waals surface area contributed by atoms with E-state index < -0.39 is 15.8 Å². The average molecular weight is 458 g/mol. The predicted octanol–water partition coefficient (Wildman–Crippen LogP) is 2.11. The van der Waals surface area contributed by atoms with Crippen molar-refractivity contribution in [2.75, 3.05) is 4.72 Å². The fourth-order valence-corrected chi connectivity index (χ4v) is 5.64. The van der Waals surface area contributed by atoms with Gasteiger partial charge in [-0.25, -0.2) is 18.2 Å². The van der Waals surface area contributed by atoms with E-state index in [2.05, 4.69) is 20.1 Å². The number of hydrogen-bond acceptors (Lipinski definition) is 8. The number of nitrogens with one attached hydrogen (secondary N) is 1. The van der Waals surface area contributed by atoms with Gasteiger partial charge >= 0.3 is 5.76 Å². The first kappa shape index (κ1) is 19.9. The second-order valence-electron chi connectivity index (χ2n) is 7.49. The summed E-state index contributed by atoms with van der Waals surface area (Å²) >= 11 is 0.929. The maximum atomic E-state index is 12.6. The highest BCUT2D eigenvalue weighted by atomic mass is 32.2. The molecule has 1 aliphatic rings. The van der Waals surface area contributed by atoms with E-state index >= 15 is 0 Å². The van der Waals surface area contributed by atoms with Gasteiger partial charge in [-0.3, -0.25) is 9.29 Å². The van der Waals surface area contributed by atoms with E-state index in [1.807, 2.05) is 12.1 Å². The third-order valence-electron chi connectivity index (χ3n) is 5.48. The van der Waals surface area contributed by atoms with Crippen molar-refractivity contribution in [3.8, 4) is 0 Å². The largest absolute Gasteiger partial charge is 0.420 e. The van der Waals surface area contributed by atoms with Gasteiger partial charge in [0.2, 0.25) is 5.13 Å². The minimum atomic E-state index is -3.88. The zero-order valence-corrected chi connectivity index (χ0v) is 17.9. The molecule has 1 atom stereocenters. The molecule has 4 aromatic rings. The third-order valence-corrected chi connectivity index (χ3v) is 7.53. The van der Waals surface area contributed by atoms with E-state index in [0.717, 1.165) is 36.4 Å². The zero-order valence-electron chi connectivity index (χ0n) is 16.3. The molecule has 2 heterocycles. The van der Waals surface area contributed by atoms with Crippen LogP contribution in [0.1, 0.15) is 23.1 Å². The Labute approximate surface area is 181 Å². The summed E-state index contributed by atoms with van der Waals surface area (Å²) in [7, 11) is -3.88. The third kappa shape index (κ3) is 3.75. The Morgan fingerprint density at radius 3 is 2.97 bits per heavy atom. The number of rotatable bonds is 5. The Morgan fingerprint density at radius 2 is 2.16 bits per heavy atom. The van der Waals surface area contributed by atoms with Crippen LogP contribution in [0.3, 0.4) is 0 Å². The second-order valence-corrected chi connectivity index (χ2v) is 9.96. The lowest BCUT2D eigenvalue weighted by molar-refractivity contribution is 0.514. The van der Waals surface area contributed by atoms with Crippen molar-refractivity contribution in [2.24, 2.45) is 5.73 Å². The lowest BCUT2D eigenvalue weighted by Gasteiger charge is -2.24. The molecular formula is C20H19N5O4S2. The van der Waals surface area contributed by atoms with Crippen LogP contribution in [-0.4, -0.2) is 28.4 Å². The van der Waals surface area contributed by atoms with Crippen LogP contribution in [0.2, 0.25) is 0 Å². The normalized spacial score (nSPS) is 16.4. The van der Waals surface area contributed by atoms with Crippen molar-refractivity contribution < 1.29 is 12.8 Å². The van der Waals surface area contributed by atoms with Crippen molar-refractivity contribution in [3.05, 3.63) is 70.0 Å². The molecule has 1 aliphatic carbocycles. The van der Waals surface area contributed by atoms with Crippen molar-refractivity contribution in [1.29, 1.82) is 0 Å². The summed E-state index contributed by atoms with van der Waals surface area (Å²) in [6.07, 6.45) is 3.91. The molecule has 0 aliphatic heterocycles. The predicted molar refractivity (Wildman–Crippen MR) is 117 cm³/mol. The quantitative estimate of drug-likeness (QED) is 0.469. The van der Waals surface area contributed by atoms with E-state index in [1.54, 1.807) is 6.07 Å². The summed E-state index contributed by atoms with van der Waals surface area (Å²) in [6.45, 7) is 0.330. The molecule has 3 N–H and O–H groups in total. The van der Waals surface area contributed by atoms with Crippen LogP contribution < -0.4 is 16.2 Å². The van der Waals surface area contributed by atoms with Crippen molar-refractivity contribution in [2.45, 2.75) is 36.7 Å². The number of aryl methyl sites for hydroxylation is 1. The number of benzene rings is 2. The van der Waals surface area contributed by atoms with Gasteiger partial charge in [-0.15, -0.1) is 0 Å². The Bertz CT molecular complexity index is 1420. The molecule has 0 radical (unpaired) electrons. The van der Waals surface area contributed by atoms with Gasteiger partial charge in [0.1, 0.15) is 6.33 Å². The zero-order chi connectivity index (χ0) is 21.6. The molecule has 2 aromatic heterocycles. The Hall–Kier alpha value is -3.02. The van der Waals surface area contributed by atoms with E-state index in [9.17, 15) is 13.2 Å². The highest BCUT2D eigenvalue weighted by Crippen LogP contribution is 2.26. The lowest BCUT2D eigenvalue weighted by atomic mass is 9.85. The number of sulfonamides is 1. The standard InChI is InChI=1S/C20H19N5O4S2/c21-14-5-4-12-2-1-3-13(16(12)8-14)10-25-17-7-6-15(9-18(17)29-20(25)26)31(27,28)24-19-22-11-23-30-19/h1-3,6-7,9,11,14H,4-5,8,10,21H2,(H,22,23,24). The summed E-state index contributed by atoms with van der Waals surface area (Å²) < 4.78 is 38.2.